The van der Waals surface area contributed by atoms with E-state index < -0.39 is 12.7 Å². The third-order valence-electron chi connectivity index (χ3n) is 9.29. The Labute approximate surface area is 244 Å². The summed E-state index contributed by atoms with van der Waals surface area (Å²) in [5.41, 5.74) is 7.96. The molecule has 4 nitrogen and oxygen atoms in total. The van der Waals surface area contributed by atoms with Gasteiger partial charge in [0.25, 0.3) is 0 Å². The normalized spacial score (nSPS) is 20.7. The SMILES string of the molecule is CC12C=C(c3ccccc3)C=CC1c1ncccc1-c1nc3ccc(P4(=O)c5ccccc5-c5ccccc54)cc3n12. The van der Waals surface area contributed by atoms with E-state index in [1.54, 1.807) is 0 Å². The van der Waals surface area contributed by atoms with Crippen LogP contribution in [0, 0.1) is 0 Å². The third-order valence-corrected chi connectivity index (χ3v) is 12.4. The van der Waals surface area contributed by atoms with Crippen LogP contribution in [0.25, 0.3) is 39.1 Å². The molecule has 2 aromatic heterocycles. The maximum Gasteiger partial charge on any atom is 0.172 e. The molecule has 1 aliphatic carbocycles. The van der Waals surface area contributed by atoms with Gasteiger partial charge in [0.15, 0.2) is 7.14 Å². The van der Waals surface area contributed by atoms with Gasteiger partial charge in [-0.3, -0.25) is 4.98 Å². The van der Waals surface area contributed by atoms with E-state index in [0.29, 0.717) is 0 Å². The van der Waals surface area contributed by atoms with Crippen LogP contribution < -0.4 is 15.9 Å². The number of aromatic nitrogens is 3. The lowest BCUT2D eigenvalue weighted by Gasteiger charge is -2.43. The highest BCUT2D eigenvalue weighted by Gasteiger charge is 2.46. The number of nitrogens with zero attached hydrogens (tertiary/aromatic N) is 3. The molecule has 200 valence electrons. The molecule has 2 unspecified atom stereocenters. The summed E-state index contributed by atoms with van der Waals surface area (Å²) >= 11 is 0. The van der Waals surface area contributed by atoms with Crippen LogP contribution >= 0.6 is 7.14 Å². The van der Waals surface area contributed by atoms with Crippen LogP contribution in [0.4, 0.5) is 0 Å². The molecular weight excluding hydrogens is 533 g/mol. The molecule has 3 aliphatic rings. The first-order valence-corrected chi connectivity index (χ1v) is 16.0. The highest BCUT2D eigenvalue weighted by atomic mass is 31.2. The van der Waals surface area contributed by atoms with Crippen LogP contribution in [-0.4, -0.2) is 14.5 Å². The summed E-state index contributed by atoms with van der Waals surface area (Å²) < 4.78 is 17.7. The quantitative estimate of drug-likeness (QED) is 0.211. The first-order chi connectivity index (χ1) is 20.6. The van der Waals surface area contributed by atoms with E-state index in [1.165, 1.54) is 11.1 Å². The van der Waals surface area contributed by atoms with E-state index in [2.05, 4.69) is 78.2 Å². The van der Waals surface area contributed by atoms with Crippen molar-refractivity contribution in [2.75, 3.05) is 0 Å². The van der Waals surface area contributed by atoms with E-state index in [0.717, 1.165) is 55.2 Å². The molecule has 42 heavy (non-hydrogen) atoms. The summed E-state index contributed by atoms with van der Waals surface area (Å²) in [5.74, 6) is 0.923. The summed E-state index contributed by atoms with van der Waals surface area (Å²) in [6.45, 7) is 2.28. The summed E-state index contributed by atoms with van der Waals surface area (Å²) in [7, 11) is -3.09. The predicted molar refractivity (Wildman–Crippen MR) is 171 cm³/mol. The Kier molecular flexibility index (Phi) is 4.76. The smallest absolute Gasteiger partial charge is 0.172 e. The minimum atomic E-state index is -3.09. The second-order valence-electron chi connectivity index (χ2n) is 11.6. The van der Waals surface area contributed by atoms with Gasteiger partial charge in [-0.05, 0) is 59.5 Å². The number of benzene rings is 4. The van der Waals surface area contributed by atoms with Gasteiger partial charge in [0.05, 0.1) is 22.3 Å². The molecule has 2 aliphatic heterocycles. The number of pyridine rings is 1. The maximum absolute atomic E-state index is 15.3. The van der Waals surface area contributed by atoms with E-state index in [9.17, 15) is 0 Å². The molecule has 0 amide bonds. The minimum absolute atomic E-state index is 0.0265. The van der Waals surface area contributed by atoms with Gasteiger partial charge in [-0.25, -0.2) is 4.98 Å². The fourth-order valence-corrected chi connectivity index (χ4v) is 10.4. The van der Waals surface area contributed by atoms with Crippen molar-refractivity contribution in [1.29, 1.82) is 0 Å². The number of rotatable bonds is 2. The van der Waals surface area contributed by atoms with Crippen molar-refractivity contribution in [3.8, 4) is 22.5 Å². The Bertz CT molecular complexity index is 2160. The van der Waals surface area contributed by atoms with Crippen molar-refractivity contribution in [1.82, 2.24) is 14.5 Å². The number of imidazole rings is 1. The molecule has 5 heteroatoms. The fraction of sp³-hybridized carbons (Fsp3) is 0.0811. The number of allylic oxidation sites excluding steroid dienone is 4. The number of hydrogen-bond acceptors (Lipinski definition) is 3. The van der Waals surface area contributed by atoms with Gasteiger partial charge in [0.1, 0.15) is 5.82 Å². The molecule has 0 saturated carbocycles. The predicted octanol–water partition coefficient (Wildman–Crippen LogP) is 7.18. The van der Waals surface area contributed by atoms with Gasteiger partial charge in [-0.15, -0.1) is 0 Å². The van der Waals surface area contributed by atoms with Crippen LogP contribution in [0.15, 0.2) is 134 Å². The van der Waals surface area contributed by atoms with E-state index >= 15 is 4.57 Å². The Morgan fingerprint density at radius 2 is 1.48 bits per heavy atom. The molecule has 0 bridgehead atoms. The van der Waals surface area contributed by atoms with Crippen LogP contribution in [0.1, 0.15) is 24.1 Å². The molecule has 0 N–H and O–H groups in total. The largest absolute Gasteiger partial charge is 0.313 e. The molecule has 6 aromatic rings. The van der Waals surface area contributed by atoms with E-state index in [-0.39, 0.29) is 5.92 Å². The first-order valence-electron chi connectivity index (χ1n) is 14.3. The monoisotopic (exact) mass is 559 g/mol. The molecule has 2 atom stereocenters. The summed E-state index contributed by atoms with van der Waals surface area (Å²) in [4.78, 5) is 10.1. The number of fused-ring (bicyclic) bond motifs is 11. The summed E-state index contributed by atoms with van der Waals surface area (Å²) in [5, 5.41) is 2.66. The van der Waals surface area contributed by atoms with Crippen LogP contribution in [0.5, 0.6) is 0 Å². The molecule has 0 radical (unpaired) electrons. The van der Waals surface area contributed by atoms with E-state index in [4.69, 9.17) is 9.97 Å². The average molecular weight is 560 g/mol. The second kappa shape index (κ2) is 8.38. The zero-order chi connectivity index (χ0) is 28.1. The lowest BCUT2D eigenvalue weighted by atomic mass is 9.73. The van der Waals surface area contributed by atoms with Crippen molar-refractivity contribution >= 4 is 39.7 Å². The van der Waals surface area contributed by atoms with Crippen molar-refractivity contribution in [3.63, 3.8) is 0 Å². The fourth-order valence-electron chi connectivity index (χ4n) is 7.37. The number of hydrogen-bond donors (Lipinski definition) is 0. The lowest BCUT2D eigenvalue weighted by Crippen LogP contribution is -2.40. The van der Waals surface area contributed by atoms with Gasteiger partial charge in [0.2, 0.25) is 0 Å². The Morgan fingerprint density at radius 1 is 0.786 bits per heavy atom. The Balaban J connectivity index is 1.33. The Morgan fingerprint density at radius 3 is 2.24 bits per heavy atom. The molecular formula is C37H26N3OP. The molecule has 9 rings (SSSR count). The zero-order valence-corrected chi connectivity index (χ0v) is 23.9. The highest BCUT2D eigenvalue weighted by molar-refractivity contribution is 7.86. The standard InChI is InChI=1S/C37H26N3OP/c1-37-23-25(24-10-3-2-4-11-24)17-19-30(37)35-29(14-9-21-38-35)36-39-31-20-18-26(22-32(31)40(36)37)42(41)33-15-7-5-12-27(33)28-13-6-8-16-34(28)42/h2-23,30H,1H3. The van der Waals surface area contributed by atoms with Crippen LogP contribution in [-0.2, 0) is 10.1 Å². The van der Waals surface area contributed by atoms with Crippen LogP contribution in [0.3, 0.4) is 0 Å². The molecule has 0 fully saturated rings. The summed E-state index contributed by atoms with van der Waals surface area (Å²) in [6, 6.07) is 37.1. The van der Waals surface area contributed by atoms with Crippen molar-refractivity contribution in [2.24, 2.45) is 0 Å². The highest BCUT2D eigenvalue weighted by Crippen LogP contribution is 2.54. The summed E-state index contributed by atoms with van der Waals surface area (Å²) in [6.07, 6.45) is 8.75. The van der Waals surface area contributed by atoms with Gasteiger partial charge in [-0.1, -0.05) is 97.1 Å². The second-order valence-corrected chi connectivity index (χ2v) is 14.3. The van der Waals surface area contributed by atoms with Crippen LogP contribution in [0.2, 0.25) is 0 Å². The van der Waals surface area contributed by atoms with Gasteiger partial charge < -0.3 is 9.13 Å². The van der Waals surface area contributed by atoms with Crippen molar-refractivity contribution in [2.45, 2.75) is 18.4 Å². The minimum Gasteiger partial charge on any atom is -0.313 e. The van der Waals surface area contributed by atoms with E-state index in [1.807, 2.05) is 66.9 Å². The van der Waals surface area contributed by atoms with Gasteiger partial charge in [-0.2, -0.15) is 0 Å². The third kappa shape index (κ3) is 3.00. The first kappa shape index (κ1) is 23.9. The average Bonchev–Trinajstić information content (AvgIpc) is 3.56. The molecule has 0 saturated heterocycles. The van der Waals surface area contributed by atoms with Crippen molar-refractivity contribution in [3.05, 3.63) is 145 Å². The van der Waals surface area contributed by atoms with Gasteiger partial charge >= 0.3 is 0 Å². The zero-order valence-electron chi connectivity index (χ0n) is 23.0. The lowest BCUT2D eigenvalue weighted by molar-refractivity contribution is 0.365. The van der Waals surface area contributed by atoms with Crippen molar-refractivity contribution < 1.29 is 4.57 Å². The molecule has 4 heterocycles. The maximum atomic E-state index is 15.3. The van der Waals surface area contributed by atoms with Gasteiger partial charge in [0, 0.05) is 33.6 Å². The topological polar surface area (TPSA) is 47.8 Å². The Hall–Kier alpha value is -4.79. The molecule has 4 aromatic carbocycles. The molecule has 0 spiro atoms.